The van der Waals surface area contributed by atoms with Crippen LogP contribution in [0.4, 0.5) is 5.82 Å². The van der Waals surface area contributed by atoms with Crippen LogP contribution in [0.3, 0.4) is 0 Å². The fourth-order valence-electron chi connectivity index (χ4n) is 4.05. The number of nitrogens with zero attached hydrogens (tertiary/aromatic N) is 4. The number of rotatable bonds is 5. The molecule has 0 amide bonds. The monoisotopic (exact) mass is 415 g/mol. The van der Waals surface area contributed by atoms with E-state index in [-0.39, 0.29) is 6.04 Å². The van der Waals surface area contributed by atoms with Gasteiger partial charge in [-0.15, -0.1) is 0 Å². The van der Waals surface area contributed by atoms with E-state index in [1.54, 1.807) is 0 Å². The maximum absolute atomic E-state index is 6.26. The van der Waals surface area contributed by atoms with Gasteiger partial charge in [0.25, 0.3) is 0 Å². The first-order valence-electron chi connectivity index (χ1n) is 10.5. The van der Waals surface area contributed by atoms with E-state index in [0.717, 1.165) is 53.2 Å². The minimum Gasteiger partial charge on any atom is -0.457 e. The number of nitrogens with two attached hydrogens (primary N) is 1. The molecule has 0 aliphatic carbocycles. The van der Waals surface area contributed by atoms with Crippen molar-refractivity contribution in [2.75, 3.05) is 19.3 Å². The van der Waals surface area contributed by atoms with E-state index in [4.69, 9.17) is 15.6 Å². The summed E-state index contributed by atoms with van der Waals surface area (Å²) >= 11 is 0. The molecule has 158 valence electrons. The molecule has 0 bridgehead atoms. The number of para-hydroxylation sites is 1. The van der Waals surface area contributed by atoms with Crippen LogP contribution >= 0.6 is 0 Å². The molecule has 5 rings (SSSR count). The van der Waals surface area contributed by atoms with Gasteiger partial charge < -0.3 is 15.8 Å². The lowest BCUT2D eigenvalue weighted by Gasteiger charge is -2.29. The van der Waals surface area contributed by atoms with Gasteiger partial charge in [0.05, 0.1) is 17.6 Å². The highest BCUT2D eigenvalue weighted by atomic mass is 16.5. The third-order valence-corrected chi connectivity index (χ3v) is 5.71. The molecule has 4 aromatic rings. The lowest BCUT2D eigenvalue weighted by atomic mass is 10.1. The largest absolute Gasteiger partial charge is 0.457 e. The van der Waals surface area contributed by atoms with Gasteiger partial charge in [-0.2, -0.15) is 5.10 Å². The van der Waals surface area contributed by atoms with Crippen molar-refractivity contribution >= 4 is 16.9 Å². The second-order valence-corrected chi connectivity index (χ2v) is 7.67. The van der Waals surface area contributed by atoms with Gasteiger partial charge in [-0.3, -0.25) is 5.32 Å². The summed E-state index contributed by atoms with van der Waals surface area (Å²) in [6.45, 7) is 0.815. The first kappa shape index (κ1) is 19.5. The number of aromatic nitrogens is 4. The SMILES string of the molecule is CNC1CCC(n2nc(-c3ccc(Oc4ccccc4)cc3)c3c(N)ncnc32)CN1. The van der Waals surface area contributed by atoms with Gasteiger partial charge in [0.1, 0.15) is 29.3 Å². The summed E-state index contributed by atoms with van der Waals surface area (Å²) < 4.78 is 7.91. The zero-order valence-electron chi connectivity index (χ0n) is 17.3. The first-order valence-corrected chi connectivity index (χ1v) is 10.5. The van der Waals surface area contributed by atoms with Gasteiger partial charge in [0.2, 0.25) is 0 Å². The first-order chi connectivity index (χ1) is 15.2. The van der Waals surface area contributed by atoms with E-state index in [1.807, 2.05) is 66.3 Å². The highest BCUT2D eigenvalue weighted by Crippen LogP contribution is 2.34. The molecular weight excluding hydrogens is 390 g/mol. The van der Waals surface area contributed by atoms with Gasteiger partial charge >= 0.3 is 0 Å². The molecule has 1 saturated heterocycles. The number of nitrogens with one attached hydrogen (secondary N) is 2. The van der Waals surface area contributed by atoms with E-state index in [9.17, 15) is 0 Å². The summed E-state index contributed by atoms with van der Waals surface area (Å²) in [6.07, 6.45) is 3.85. The molecule has 8 nitrogen and oxygen atoms in total. The van der Waals surface area contributed by atoms with Crippen molar-refractivity contribution in [1.29, 1.82) is 0 Å². The summed E-state index contributed by atoms with van der Waals surface area (Å²) in [5, 5.41) is 12.5. The van der Waals surface area contributed by atoms with Crippen molar-refractivity contribution in [2.45, 2.75) is 25.0 Å². The van der Waals surface area contributed by atoms with E-state index in [2.05, 4.69) is 20.6 Å². The molecule has 8 heteroatoms. The van der Waals surface area contributed by atoms with Crippen molar-refractivity contribution in [3.8, 4) is 22.8 Å². The van der Waals surface area contributed by atoms with Crippen molar-refractivity contribution in [3.05, 3.63) is 60.9 Å². The van der Waals surface area contributed by atoms with E-state index in [1.165, 1.54) is 6.33 Å². The third kappa shape index (κ3) is 3.83. The molecule has 31 heavy (non-hydrogen) atoms. The van der Waals surface area contributed by atoms with Crippen LogP contribution in [0, 0.1) is 0 Å². The Kier molecular flexibility index (Phi) is 5.23. The molecular formula is C23H25N7O. The molecule has 3 heterocycles. The molecule has 2 atom stereocenters. The van der Waals surface area contributed by atoms with Crippen LogP contribution in [0.15, 0.2) is 60.9 Å². The van der Waals surface area contributed by atoms with Gasteiger partial charge in [-0.1, -0.05) is 18.2 Å². The predicted octanol–water partition coefficient (Wildman–Crippen LogP) is 3.34. The summed E-state index contributed by atoms with van der Waals surface area (Å²) in [4.78, 5) is 8.73. The van der Waals surface area contributed by atoms with Crippen LogP contribution < -0.4 is 21.1 Å². The normalized spacial score (nSPS) is 18.9. The zero-order chi connectivity index (χ0) is 21.2. The minimum atomic E-state index is 0.204. The molecule has 2 unspecified atom stereocenters. The highest BCUT2D eigenvalue weighted by molar-refractivity contribution is 5.98. The number of nitrogen functional groups attached to an aromatic ring is 1. The van der Waals surface area contributed by atoms with Crippen LogP contribution in [0.1, 0.15) is 18.9 Å². The van der Waals surface area contributed by atoms with Gasteiger partial charge in [-0.05, 0) is 56.3 Å². The van der Waals surface area contributed by atoms with Crippen molar-refractivity contribution in [1.82, 2.24) is 30.4 Å². The summed E-state index contributed by atoms with van der Waals surface area (Å²) in [7, 11) is 1.97. The Morgan fingerprint density at radius 2 is 1.81 bits per heavy atom. The Balaban J connectivity index is 1.48. The van der Waals surface area contributed by atoms with Crippen LogP contribution in [-0.4, -0.2) is 39.5 Å². The van der Waals surface area contributed by atoms with Crippen LogP contribution in [0.5, 0.6) is 11.5 Å². The average Bonchev–Trinajstić information content (AvgIpc) is 3.21. The van der Waals surface area contributed by atoms with Crippen molar-refractivity contribution in [3.63, 3.8) is 0 Å². The Bertz CT molecular complexity index is 1170. The zero-order valence-corrected chi connectivity index (χ0v) is 17.3. The Morgan fingerprint density at radius 3 is 2.52 bits per heavy atom. The summed E-state index contributed by atoms with van der Waals surface area (Å²) in [6, 6.07) is 17.8. The second kappa shape index (κ2) is 8.33. The quantitative estimate of drug-likeness (QED) is 0.459. The maximum atomic E-state index is 6.26. The third-order valence-electron chi connectivity index (χ3n) is 5.71. The fraction of sp³-hybridized carbons (Fsp3) is 0.261. The van der Waals surface area contributed by atoms with Crippen LogP contribution in [0.2, 0.25) is 0 Å². The topological polar surface area (TPSA) is 103 Å². The number of benzene rings is 2. The number of hydrogen-bond donors (Lipinski definition) is 3. The van der Waals surface area contributed by atoms with Crippen molar-refractivity contribution < 1.29 is 4.74 Å². The number of piperidine rings is 1. The van der Waals surface area contributed by atoms with Crippen LogP contribution in [0.25, 0.3) is 22.3 Å². The molecule has 0 saturated carbocycles. The fourth-order valence-corrected chi connectivity index (χ4v) is 4.05. The molecule has 2 aromatic heterocycles. The molecule has 2 aromatic carbocycles. The smallest absolute Gasteiger partial charge is 0.164 e. The number of hydrogen-bond acceptors (Lipinski definition) is 7. The van der Waals surface area contributed by atoms with Crippen molar-refractivity contribution in [2.24, 2.45) is 0 Å². The average molecular weight is 416 g/mol. The second-order valence-electron chi connectivity index (χ2n) is 7.67. The van der Waals surface area contributed by atoms with E-state index >= 15 is 0 Å². The molecule has 1 aliphatic rings. The minimum absolute atomic E-state index is 0.204. The molecule has 1 fully saturated rings. The lowest BCUT2D eigenvalue weighted by molar-refractivity contribution is 0.277. The summed E-state index contributed by atoms with van der Waals surface area (Å²) in [5.74, 6) is 2.00. The predicted molar refractivity (Wildman–Crippen MR) is 121 cm³/mol. The summed E-state index contributed by atoms with van der Waals surface area (Å²) in [5.41, 5.74) is 8.76. The van der Waals surface area contributed by atoms with Crippen LogP contribution in [-0.2, 0) is 0 Å². The highest BCUT2D eigenvalue weighted by Gasteiger charge is 2.26. The van der Waals surface area contributed by atoms with Gasteiger partial charge in [0, 0.05) is 12.1 Å². The molecule has 0 radical (unpaired) electrons. The Labute approximate surface area is 180 Å². The van der Waals surface area contributed by atoms with Gasteiger partial charge in [-0.25, -0.2) is 14.6 Å². The molecule has 0 spiro atoms. The standard InChI is InChI=1S/C23H25N7O/c1-25-19-12-9-16(13-26-19)30-23-20(22(24)27-14-28-23)21(29-30)15-7-10-18(11-8-15)31-17-5-3-2-4-6-17/h2-8,10-11,14,16,19,25-26H,9,12-13H2,1H3,(H2,24,27,28). The number of ether oxygens (including phenoxy) is 1. The lowest BCUT2D eigenvalue weighted by Crippen LogP contribution is -2.47. The number of fused-ring (bicyclic) bond motifs is 1. The van der Waals surface area contributed by atoms with E-state index < -0.39 is 0 Å². The molecule has 4 N–H and O–H groups in total. The molecule has 1 aliphatic heterocycles. The van der Waals surface area contributed by atoms with E-state index in [0.29, 0.717) is 12.0 Å². The Morgan fingerprint density at radius 1 is 1.03 bits per heavy atom. The maximum Gasteiger partial charge on any atom is 0.164 e. The number of anilines is 1. The Hall–Kier alpha value is -3.49. The van der Waals surface area contributed by atoms with Gasteiger partial charge in [0.15, 0.2) is 5.65 Å².